The molecule has 2 aliphatic rings. The molecule has 5 rings (SSSR count). The van der Waals surface area contributed by atoms with Gasteiger partial charge in [0.05, 0.1) is 16.2 Å². The lowest BCUT2D eigenvalue weighted by Gasteiger charge is -2.23. The summed E-state index contributed by atoms with van der Waals surface area (Å²) in [5.74, 6) is 0.0744. The average molecular weight is 420 g/mol. The van der Waals surface area contributed by atoms with Crippen molar-refractivity contribution in [3.8, 4) is 0 Å². The third kappa shape index (κ3) is 3.33. The Balaban J connectivity index is 1.49. The molecular weight excluding hydrogens is 394 g/mol. The Morgan fingerprint density at radius 1 is 1.10 bits per heavy atom. The third-order valence-electron chi connectivity index (χ3n) is 6.25. The Morgan fingerprint density at radius 2 is 1.83 bits per heavy atom. The van der Waals surface area contributed by atoms with Crippen molar-refractivity contribution in [2.75, 3.05) is 11.4 Å². The monoisotopic (exact) mass is 419 g/mol. The molecule has 2 heterocycles. The molecule has 5 nitrogen and oxygen atoms in total. The highest BCUT2D eigenvalue weighted by molar-refractivity contribution is 8.00. The van der Waals surface area contributed by atoms with Crippen molar-refractivity contribution in [2.45, 2.75) is 55.5 Å². The first-order valence-corrected chi connectivity index (χ1v) is 11.6. The average Bonchev–Trinajstić information content (AvgIpc) is 3.43. The van der Waals surface area contributed by atoms with Crippen LogP contribution in [0, 0.1) is 0 Å². The molecular formula is C24H25N3O2S. The minimum absolute atomic E-state index is 0.0150. The van der Waals surface area contributed by atoms with Crippen molar-refractivity contribution in [3.63, 3.8) is 0 Å². The number of benzene rings is 2. The van der Waals surface area contributed by atoms with Gasteiger partial charge in [0, 0.05) is 18.3 Å². The predicted molar refractivity (Wildman–Crippen MR) is 121 cm³/mol. The summed E-state index contributed by atoms with van der Waals surface area (Å²) in [7, 11) is 0. The van der Waals surface area contributed by atoms with E-state index in [2.05, 4.69) is 6.07 Å². The number of hydrogen-bond donors (Lipinski definition) is 0. The van der Waals surface area contributed by atoms with Gasteiger partial charge in [-0.25, -0.2) is 4.98 Å². The Bertz CT molecular complexity index is 1170. The van der Waals surface area contributed by atoms with E-state index in [0.717, 1.165) is 37.8 Å². The van der Waals surface area contributed by atoms with E-state index in [-0.39, 0.29) is 22.8 Å². The molecule has 0 bridgehead atoms. The van der Waals surface area contributed by atoms with Crippen molar-refractivity contribution >= 4 is 34.3 Å². The Labute approximate surface area is 180 Å². The van der Waals surface area contributed by atoms with Gasteiger partial charge in [0.25, 0.3) is 5.56 Å². The molecule has 1 amide bonds. The van der Waals surface area contributed by atoms with Gasteiger partial charge in [-0.1, -0.05) is 54.9 Å². The predicted octanol–water partition coefficient (Wildman–Crippen LogP) is 4.58. The van der Waals surface area contributed by atoms with Crippen LogP contribution in [-0.4, -0.2) is 27.3 Å². The lowest BCUT2D eigenvalue weighted by molar-refractivity contribution is -0.117. The smallest absolute Gasteiger partial charge is 0.262 e. The summed E-state index contributed by atoms with van der Waals surface area (Å²) in [4.78, 5) is 33.3. The van der Waals surface area contributed by atoms with E-state index in [0.29, 0.717) is 22.6 Å². The fraction of sp³-hybridized carbons (Fsp3) is 0.375. The molecule has 0 saturated heterocycles. The molecule has 1 aliphatic heterocycles. The Kier molecular flexibility index (Phi) is 5.11. The number of aromatic nitrogens is 2. The highest BCUT2D eigenvalue weighted by atomic mass is 32.2. The summed E-state index contributed by atoms with van der Waals surface area (Å²) in [5, 5.41) is 0.997. The number of carbonyl (C=O) groups excluding carboxylic acids is 1. The summed E-state index contributed by atoms with van der Waals surface area (Å²) < 4.78 is 1.86. The lowest BCUT2D eigenvalue weighted by atomic mass is 10.2. The quantitative estimate of drug-likeness (QED) is 0.459. The number of carbonyl (C=O) groups is 1. The highest BCUT2D eigenvalue weighted by Crippen LogP contribution is 2.35. The van der Waals surface area contributed by atoms with Crippen LogP contribution in [0.4, 0.5) is 5.69 Å². The molecule has 1 saturated carbocycles. The van der Waals surface area contributed by atoms with Crippen LogP contribution < -0.4 is 10.5 Å². The largest absolute Gasteiger partial charge is 0.311 e. The number of hydrogen-bond acceptors (Lipinski definition) is 4. The van der Waals surface area contributed by atoms with Gasteiger partial charge >= 0.3 is 0 Å². The zero-order valence-corrected chi connectivity index (χ0v) is 17.9. The topological polar surface area (TPSA) is 55.2 Å². The van der Waals surface area contributed by atoms with Crippen molar-refractivity contribution in [3.05, 3.63) is 64.4 Å². The van der Waals surface area contributed by atoms with Gasteiger partial charge in [0.2, 0.25) is 5.91 Å². The molecule has 30 heavy (non-hydrogen) atoms. The van der Waals surface area contributed by atoms with E-state index in [9.17, 15) is 9.59 Å². The summed E-state index contributed by atoms with van der Waals surface area (Å²) in [5.41, 5.74) is 2.94. The first kappa shape index (κ1) is 19.4. The standard InChI is InChI=1S/C24H25N3O2S/c1-16(22(28)26-15-14-17-8-2-7-13-21(17)26)30-24-25-20-12-6-5-11-19(20)23(29)27(24)18-9-3-4-10-18/h2,5-8,11-13,16,18H,3-4,9-10,14-15H2,1H3/t16-/m1/s1. The molecule has 1 fully saturated rings. The van der Waals surface area contributed by atoms with Crippen molar-refractivity contribution in [2.24, 2.45) is 0 Å². The molecule has 0 spiro atoms. The van der Waals surface area contributed by atoms with Gasteiger partial charge in [-0.15, -0.1) is 0 Å². The normalized spacial score (nSPS) is 17.4. The maximum absolute atomic E-state index is 13.3. The van der Waals surface area contributed by atoms with Gasteiger partial charge in [-0.05, 0) is 49.9 Å². The van der Waals surface area contributed by atoms with E-state index in [4.69, 9.17) is 4.98 Å². The van der Waals surface area contributed by atoms with Crippen LogP contribution in [0.5, 0.6) is 0 Å². The maximum atomic E-state index is 13.3. The summed E-state index contributed by atoms with van der Waals surface area (Å²) in [6, 6.07) is 15.8. The second-order valence-electron chi connectivity index (χ2n) is 8.15. The van der Waals surface area contributed by atoms with Crippen LogP contribution in [-0.2, 0) is 11.2 Å². The second-order valence-corrected chi connectivity index (χ2v) is 9.46. The fourth-order valence-electron chi connectivity index (χ4n) is 4.69. The number of rotatable bonds is 4. The van der Waals surface area contributed by atoms with Crippen molar-refractivity contribution in [1.82, 2.24) is 9.55 Å². The van der Waals surface area contributed by atoms with Crippen molar-refractivity contribution in [1.29, 1.82) is 0 Å². The highest BCUT2D eigenvalue weighted by Gasteiger charge is 2.30. The first-order valence-electron chi connectivity index (χ1n) is 10.7. The number of amides is 1. The minimum atomic E-state index is -0.322. The van der Waals surface area contributed by atoms with Gasteiger partial charge in [0.15, 0.2) is 5.16 Å². The molecule has 1 aromatic heterocycles. The number of nitrogens with zero attached hydrogens (tertiary/aromatic N) is 3. The van der Waals surface area contributed by atoms with E-state index < -0.39 is 0 Å². The molecule has 1 atom stereocenters. The molecule has 2 aromatic carbocycles. The number of anilines is 1. The summed E-state index contributed by atoms with van der Waals surface area (Å²) >= 11 is 1.42. The number of para-hydroxylation sites is 2. The fourth-order valence-corrected chi connectivity index (χ4v) is 5.73. The van der Waals surface area contributed by atoms with Crippen LogP contribution in [0.15, 0.2) is 58.5 Å². The Morgan fingerprint density at radius 3 is 2.67 bits per heavy atom. The molecule has 6 heteroatoms. The van der Waals surface area contributed by atoms with Gasteiger partial charge in [-0.3, -0.25) is 14.2 Å². The summed E-state index contributed by atoms with van der Waals surface area (Å²) in [6.07, 6.45) is 5.14. The SMILES string of the molecule is C[C@@H](Sc1nc2ccccc2c(=O)n1C1CCCC1)C(=O)N1CCc2ccccc21. The van der Waals surface area contributed by atoms with Gasteiger partial charge in [-0.2, -0.15) is 0 Å². The van der Waals surface area contributed by atoms with Crippen LogP contribution in [0.2, 0.25) is 0 Å². The lowest BCUT2D eigenvalue weighted by Crippen LogP contribution is -2.36. The van der Waals surface area contributed by atoms with Crippen molar-refractivity contribution < 1.29 is 4.79 Å². The maximum Gasteiger partial charge on any atom is 0.262 e. The van der Waals surface area contributed by atoms with Crippen LogP contribution in [0.1, 0.15) is 44.2 Å². The molecule has 0 radical (unpaired) electrons. The zero-order valence-electron chi connectivity index (χ0n) is 17.1. The third-order valence-corrected chi connectivity index (χ3v) is 7.30. The van der Waals surface area contributed by atoms with E-state index in [1.807, 2.05) is 58.9 Å². The molecule has 0 N–H and O–H groups in total. The zero-order chi connectivity index (χ0) is 20.7. The van der Waals surface area contributed by atoms with Gasteiger partial charge < -0.3 is 4.90 Å². The van der Waals surface area contributed by atoms with Crippen LogP contribution >= 0.6 is 11.8 Å². The Hall–Kier alpha value is -2.60. The molecule has 154 valence electrons. The second kappa shape index (κ2) is 7.91. The van der Waals surface area contributed by atoms with E-state index in [1.165, 1.54) is 17.3 Å². The van der Waals surface area contributed by atoms with E-state index >= 15 is 0 Å². The first-order chi connectivity index (χ1) is 14.6. The number of thioether (sulfide) groups is 1. The molecule has 0 unspecified atom stereocenters. The van der Waals surface area contributed by atoms with Gasteiger partial charge in [0.1, 0.15) is 0 Å². The molecule has 1 aliphatic carbocycles. The van der Waals surface area contributed by atoms with Crippen LogP contribution in [0.25, 0.3) is 10.9 Å². The molecule has 3 aromatic rings. The summed E-state index contributed by atoms with van der Waals surface area (Å²) in [6.45, 7) is 2.64. The van der Waals surface area contributed by atoms with Crippen LogP contribution in [0.3, 0.4) is 0 Å². The minimum Gasteiger partial charge on any atom is -0.311 e. The van der Waals surface area contributed by atoms with E-state index in [1.54, 1.807) is 0 Å². The number of fused-ring (bicyclic) bond motifs is 2.